The number of carboxylic acids is 1. The van der Waals surface area contributed by atoms with Crippen LogP contribution in [0.5, 0.6) is 0 Å². The Labute approximate surface area is 155 Å². The van der Waals surface area contributed by atoms with Crippen LogP contribution in [0.1, 0.15) is 21.5 Å². The summed E-state index contributed by atoms with van der Waals surface area (Å²) < 4.78 is 97.6. The minimum atomic E-state index is -4.76. The van der Waals surface area contributed by atoms with Crippen LogP contribution in [0, 0.1) is 11.6 Å². The van der Waals surface area contributed by atoms with Crippen molar-refractivity contribution in [3.05, 3.63) is 68.7 Å². The van der Waals surface area contributed by atoms with Crippen molar-refractivity contribution < 1.29 is 45.0 Å². The van der Waals surface area contributed by atoms with Gasteiger partial charge < -0.3 is 5.11 Å². The number of hydrogen-bond donors (Lipinski definition) is 1. The monoisotopic (exact) mass is 440 g/mol. The lowest BCUT2D eigenvalue weighted by Gasteiger charge is -2.08. The highest BCUT2D eigenvalue weighted by atomic mass is 35.5. The lowest BCUT2D eigenvalue weighted by Crippen LogP contribution is -2.09. The van der Waals surface area contributed by atoms with Gasteiger partial charge in [0.15, 0.2) is 5.82 Å². The van der Waals surface area contributed by atoms with Crippen LogP contribution >= 0.6 is 23.2 Å². The highest BCUT2D eigenvalue weighted by molar-refractivity contribution is 6.31. The zero-order valence-electron chi connectivity index (χ0n) is 12.5. The fourth-order valence-electron chi connectivity index (χ4n) is 1.58. The van der Waals surface area contributed by atoms with Crippen LogP contribution in [-0.4, -0.2) is 11.1 Å². The molecule has 0 aliphatic carbocycles. The van der Waals surface area contributed by atoms with E-state index in [4.69, 9.17) is 28.3 Å². The van der Waals surface area contributed by atoms with Crippen molar-refractivity contribution in [2.75, 3.05) is 0 Å². The fourth-order valence-corrected chi connectivity index (χ4v) is 1.98. The first-order chi connectivity index (χ1) is 12.1. The Hall–Kier alpha value is -2.07. The predicted octanol–water partition coefficient (Wildman–Crippen LogP) is 6.69. The standard InChI is InChI=1S/C8H3ClF4O2.C7H3ClF4/c9-5-2-3(8(11,12)13)1-4(6(5)10)7(14)15;8-5-3-4(7(10,11)12)1-2-6(5)9/h1-2H,(H,14,15);1-3H. The zero-order chi connectivity index (χ0) is 21.2. The summed E-state index contributed by atoms with van der Waals surface area (Å²) in [5, 5.41) is 7.02. The molecular formula is C15H6Cl2F8O2. The second kappa shape index (κ2) is 8.30. The van der Waals surface area contributed by atoms with Gasteiger partial charge in [-0.2, -0.15) is 26.3 Å². The summed E-state index contributed by atoms with van der Waals surface area (Å²) in [5.74, 6) is -4.04. The van der Waals surface area contributed by atoms with Crippen molar-refractivity contribution in [2.24, 2.45) is 0 Å². The van der Waals surface area contributed by atoms with E-state index in [-0.39, 0.29) is 6.07 Å². The topological polar surface area (TPSA) is 37.3 Å². The number of alkyl halides is 6. The number of aromatic carboxylic acids is 1. The van der Waals surface area contributed by atoms with E-state index >= 15 is 0 Å². The molecule has 2 aromatic rings. The Kier molecular flexibility index (Phi) is 7.06. The van der Waals surface area contributed by atoms with Gasteiger partial charge in [-0.1, -0.05) is 23.2 Å². The van der Waals surface area contributed by atoms with Crippen LogP contribution in [0.4, 0.5) is 35.1 Å². The summed E-state index contributed by atoms with van der Waals surface area (Å²) in [4.78, 5) is 10.4. The minimum Gasteiger partial charge on any atom is -0.478 e. The molecule has 0 saturated carbocycles. The normalized spacial score (nSPS) is 11.6. The summed E-state index contributed by atoms with van der Waals surface area (Å²) in [7, 11) is 0. The molecule has 0 fully saturated rings. The Morgan fingerprint density at radius 1 is 0.815 bits per heavy atom. The lowest BCUT2D eigenvalue weighted by molar-refractivity contribution is -0.138. The molecule has 0 saturated heterocycles. The van der Waals surface area contributed by atoms with E-state index in [1.165, 1.54) is 0 Å². The first-order valence-electron chi connectivity index (χ1n) is 6.46. The molecule has 0 unspecified atom stereocenters. The third kappa shape index (κ3) is 6.24. The van der Waals surface area contributed by atoms with Crippen LogP contribution in [0.2, 0.25) is 10.0 Å². The number of carboxylic acid groups (broad SMARTS) is 1. The molecule has 0 heterocycles. The van der Waals surface area contributed by atoms with Gasteiger partial charge in [0.1, 0.15) is 5.82 Å². The molecule has 2 aromatic carbocycles. The van der Waals surface area contributed by atoms with E-state index in [1.54, 1.807) is 0 Å². The number of hydrogen-bond acceptors (Lipinski definition) is 1. The smallest absolute Gasteiger partial charge is 0.416 e. The van der Waals surface area contributed by atoms with E-state index < -0.39 is 56.7 Å². The summed E-state index contributed by atoms with van der Waals surface area (Å²) in [6.07, 6.45) is -9.24. The maximum atomic E-state index is 12.9. The van der Waals surface area contributed by atoms with Gasteiger partial charge in [-0.3, -0.25) is 0 Å². The first-order valence-corrected chi connectivity index (χ1v) is 7.22. The molecule has 0 spiro atoms. The van der Waals surface area contributed by atoms with Gasteiger partial charge in [-0.15, -0.1) is 0 Å². The molecule has 0 radical (unpaired) electrons. The van der Waals surface area contributed by atoms with Crippen molar-refractivity contribution in [1.29, 1.82) is 0 Å². The van der Waals surface area contributed by atoms with Crippen molar-refractivity contribution in [2.45, 2.75) is 12.4 Å². The van der Waals surface area contributed by atoms with Gasteiger partial charge in [0, 0.05) is 0 Å². The number of halogens is 10. The molecular weight excluding hydrogens is 435 g/mol. The molecule has 0 amide bonds. The molecule has 27 heavy (non-hydrogen) atoms. The molecule has 0 bridgehead atoms. The van der Waals surface area contributed by atoms with Crippen LogP contribution in [0.15, 0.2) is 30.3 Å². The summed E-state index contributed by atoms with van der Waals surface area (Å²) >= 11 is 10.3. The molecule has 0 aliphatic heterocycles. The molecule has 0 atom stereocenters. The maximum absolute atomic E-state index is 12.9. The molecule has 148 valence electrons. The van der Waals surface area contributed by atoms with Crippen molar-refractivity contribution >= 4 is 29.2 Å². The van der Waals surface area contributed by atoms with Crippen molar-refractivity contribution in [3.63, 3.8) is 0 Å². The molecule has 2 rings (SSSR count). The van der Waals surface area contributed by atoms with Crippen LogP contribution < -0.4 is 0 Å². The SMILES string of the molecule is Fc1ccc(C(F)(F)F)cc1Cl.O=C(O)c1cc(C(F)(F)F)cc(Cl)c1F. The van der Waals surface area contributed by atoms with E-state index in [0.717, 1.165) is 0 Å². The molecule has 2 nitrogen and oxygen atoms in total. The highest BCUT2D eigenvalue weighted by Crippen LogP contribution is 2.33. The van der Waals surface area contributed by atoms with E-state index in [1.807, 2.05) is 0 Å². The van der Waals surface area contributed by atoms with Gasteiger partial charge in [-0.25, -0.2) is 13.6 Å². The van der Waals surface area contributed by atoms with E-state index in [0.29, 0.717) is 24.3 Å². The third-order valence-electron chi connectivity index (χ3n) is 2.83. The van der Waals surface area contributed by atoms with Crippen LogP contribution in [-0.2, 0) is 12.4 Å². The molecule has 1 N–H and O–H groups in total. The Morgan fingerprint density at radius 3 is 1.70 bits per heavy atom. The lowest BCUT2D eigenvalue weighted by atomic mass is 10.1. The quantitative estimate of drug-likeness (QED) is 0.501. The van der Waals surface area contributed by atoms with Crippen LogP contribution in [0.25, 0.3) is 0 Å². The minimum absolute atomic E-state index is 0.198. The summed E-state index contributed by atoms with van der Waals surface area (Å²) in [5.41, 5.74) is -3.35. The first kappa shape index (κ1) is 23.0. The molecule has 0 aliphatic rings. The van der Waals surface area contributed by atoms with Gasteiger partial charge in [0.2, 0.25) is 0 Å². The van der Waals surface area contributed by atoms with Gasteiger partial charge in [-0.05, 0) is 30.3 Å². The summed E-state index contributed by atoms with van der Waals surface area (Å²) in [6, 6.07) is 2.41. The maximum Gasteiger partial charge on any atom is 0.416 e. The van der Waals surface area contributed by atoms with Crippen molar-refractivity contribution in [3.8, 4) is 0 Å². The van der Waals surface area contributed by atoms with Crippen LogP contribution in [0.3, 0.4) is 0 Å². The van der Waals surface area contributed by atoms with Gasteiger partial charge >= 0.3 is 18.3 Å². The number of rotatable bonds is 1. The predicted molar refractivity (Wildman–Crippen MR) is 79.8 cm³/mol. The Balaban J connectivity index is 0.000000277. The average molecular weight is 441 g/mol. The zero-order valence-corrected chi connectivity index (χ0v) is 14.0. The molecule has 12 heteroatoms. The largest absolute Gasteiger partial charge is 0.478 e. The number of benzene rings is 2. The second-order valence-electron chi connectivity index (χ2n) is 4.75. The van der Waals surface area contributed by atoms with Gasteiger partial charge in [0.05, 0.1) is 26.7 Å². The van der Waals surface area contributed by atoms with Crippen molar-refractivity contribution in [1.82, 2.24) is 0 Å². The summed E-state index contributed by atoms with van der Waals surface area (Å²) in [6.45, 7) is 0. The highest BCUT2D eigenvalue weighted by Gasteiger charge is 2.33. The molecule has 0 aromatic heterocycles. The number of carbonyl (C=O) groups is 1. The van der Waals surface area contributed by atoms with E-state index in [2.05, 4.69) is 0 Å². The average Bonchev–Trinajstić information content (AvgIpc) is 2.50. The third-order valence-corrected chi connectivity index (χ3v) is 3.40. The Morgan fingerprint density at radius 2 is 1.30 bits per heavy atom. The van der Waals surface area contributed by atoms with E-state index in [9.17, 15) is 39.9 Å². The fraction of sp³-hybridized carbons (Fsp3) is 0.133. The van der Waals surface area contributed by atoms with Gasteiger partial charge in [0.25, 0.3) is 0 Å². The second-order valence-corrected chi connectivity index (χ2v) is 5.56. The Bertz CT molecular complexity index is 847.